The summed E-state index contributed by atoms with van der Waals surface area (Å²) in [6.45, 7) is 4.00. The Morgan fingerprint density at radius 3 is 2.50 bits per heavy atom. The van der Waals surface area contributed by atoms with Crippen molar-refractivity contribution in [2.24, 2.45) is 0 Å². The standard InChI is InChI=1S/C15H19F2NO3S/c1-9-3-4-11(7-10(9)2)22-6-5-14(19)18-12(15(20)21)8-13(16)17/h3-4,7,12-13H,5-6,8H2,1-2H3,(H,18,19)(H,20,21). The summed E-state index contributed by atoms with van der Waals surface area (Å²) in [7, 11) is 0. The number of hydrogen-bond acceptors (Lipinski definition) is 3. The molecule has 0 bridgehead atoms. The van der Waals surface area contributed by atoms with E-state index in [1.165, 1.54) is 17.3 Å². The lowest BCUT2D eigenvalue weighted by molar-refractivity contribution is -0.143. The molecule has 0 aliphatic carbocycles. The van der Waals surface area contributed by atoms with Gasteiger partial charge in [-0.25, -0.2) is 13.6 Å². The maximum atomic E-state index is 12.2. The highest BCUT2D eigenvalue weighted by Gasteiger charge is 2.23. The summed E-state index contributed by atoms with van der Waals surface area (Å²) in [5.74, 6) is -1.53. The Morgan fingerprint density at radius 2 is 1.95 bits per heavy atom. The summed E-state index contributed by atoms with van der Waals surface area (Å²) in [6, 6.07) is 4.40. The fourth-order valence-electron chi connectivity index (χ4n) is 1.73. The van der Waals surface area contributed by atoms with Crippen molar-refractivity contribution in [2.75, 3.05) is 5.75 Å². The van der Waals surface area contributed by atoms with Crippen LogP contribution >= 0.6 is 11.8 Å². The number of hydrogen-bond donors (Lipinski definition) is 2. The van der Waals surface area contributed by atoms with Crippen LogP contribution in [-0.4, -0.2) is 35.2 Å². The minimum atomic E-state index is -2.77. The number of aryl methyl sites for hydroxylation is 2. The molecule has 1 aromatic rings. The van der Waals surface area contributed by atoms with Crippen LogP contribution in [0, 0.1) is 13.8 Å². The van der Waals surface area contributed by atoms with E-state index in [2.05, 4.69) is 5.32 Å². The maximum absolute atomic E-state index is 12.2. The Balaban J connectivity index is 2.41. The quantitative estimate of drug-likeness (QED) is 0.719. The molecule has 0 aliphatic rings. The number of nitrogens with one attached hydrogen (secondary N) is 1. The van der Waals surface area contributed by atoms with Crippen LogP contribution in [0.25, 0.3) is 0 Å². The number of carbonyl (C=O) groups is 2. The number of alkyl halides is 2. The van der Waals surface area contributed by atoms with Gasteiger partial charge in [0.15, 0.2) is 0 Å². The van der Waals surface area contributed by atoms with Crippen molar-refractivity contribution in [3.05, 3.63) is 29.3 Å². The highest BCUT2D eigenvalue weighted by molar-refractivity contribution is 7.99. The number of benzene rings is 1. The van der Waals surface area contributed by atoms with Crippen LogP contribution in [0.2, 0.25) is 0 Å². The van der Waals surface area contributed by atoms with Crippen molar-refractivity contribution in [1.29, 1.82) is 0 Å². The third-order valence-electron chi connectivity index (χ3n) is 3.12. The van der Waals surface area contributed by atoms with Crippen molar-refractivity contribution >= 4 is 23.6 Å². The average molecular weight is 331 g/mol. The highest BCUT2D eigenvalue weighted by Crippen LogP contribution is 2.21. The Kier molecular flexibility index (Phi) is 7.31. The SMILES string of the molecule is Cc1ccc(SCCC(=O)NC(CC(F)F)C(=O)O)cc1C. The second-order valence-corrected chi connectivity index (χ2v) is 6.10. The molecule has 1 rings (SSSR count). The second kappa shape index (κ2) is 8.73. The van der Waals surface area contributed by atoms with E-state index >= 15 is 0 Å². The summed E-state index contributed by atoms with van der Waals surface area (Å²) in [5, 5.41) is 10.9. The van der Waals surface area contributed by atoms with Crippen molar-refractivity contribution in [1.82, 2.24) is 5.32 Å². The van der Waals surface area contributed by atoms with Crippen molar-refractivity contribution < 1.29 is 23.5 Å². The molecule has 0 aliphatic heterocycles. The average Bonchev–Trinajstić information content (AvgIpc) is 2.41. The van der Waals surface area contributed by atoms with E-state index in [0.717, 1.165) is 10.5 Å². The van der Waals surface area contributed by atoms with E-state index in [0.29, 0.717) is 5.75 Å². The molecule has 4 nitrogen and oxygen atoms in total. The lowest BCUT2D eigenvalue weighted by Gasteiger charge is -2.13. The molecule has 22 heavy (non-hydrogen) atoms. The highest BCUT2D eigenvalue weighted by atomic mass is 32.2. The molecule has 1 unspecified atom stereocenters. The normalized spacial score (nSPS) is 12.2. The van der Waals surface area contributed by atoms with Gasteiger partial charge in [0.25, 0.3) is 0 Å². The predicted molar refractivity (Wildman–Crippen MR) is 81.4 cm³/mol. The first-order valence-corrected chi connectivity index (χ1v) is 7.78. The van der Waals surface area contributed by atoms with Gasteiger partial charge < -0.3 is 10.4 Å². The Labute approximate surface area is 132 Å². The Morgan fingerprint density at radius 1 is 1.27 bits per heavy atom. The van der Waals surface area contributed by atoms with E-state index in [1.807, 2.05) is 32.0 Å². The molecular formula is C15H19F2NO3S. The van der Waals surface area contributed by atoms with Gasteiger partial charge in [-0.15, -0.1) is 11.8 Å². The van der Waals surface area contributed by atoms with E-state index in [9.17, 15) is 18.4 Å². The zero-order valence-electron chi connectivity index (χ0n) is 12.4. The van der Waals surface area contributed by atoms with Crippen LogP contribution < -0.4 is 5.32 Å². The maximum Gasteiger partial charge on any atom is 0.326 e. The molecule has 122 valence electrons. The van der Waals surface area contributed by atoms with Crippen LogP contribution in [0.4, 0.5) is 8.78 Å². The number of carboxylic acids is 1. The monoisotopic (exact) mass is 331 g/mol. The lowest BCUT2D eigenvalue weighted by atomic mass is 10.1. The van der Waals surface area contributed by atoms with Gasteiger partial charge in [0.05, 0.1) is 0 Å². The zero-order valence-corrected chi connectivity index (χ0v) is 13.3. The molecule has 1 aromatic carbocycles. The van der Waals surface area contributed by atoms with Gasteiger partial charge in [-0.3, -0.25) is 4.79 Å². The number of carbonyl (C=O) groups excluding carboxylic acids is 1. The topological polar surface area (TPSA) is 66.4 Å². The number of carboxylic acid groups (broad SMARTS) is 1. The molecule has 0 saturated carbocycles. The number of rotatable bonds is 8. The van der Waals surface area contributed by atoms with Gasteiger partial charge in [0.2, 0.25) is 12.3 Å². The predicted octanol–water partition coefficient (Wildman–Crippen LogP) is 3.01. The molecule has 0 radical (unpaired) electrons. The summed E-state index contributed by atoms with van der Waals surface area (Å²) in [5.41, 5.74) is 2.33. The summed E-state index contributed by atoms with van der Waals surface area (Å²) < 4.78 is 24.4. The van der Waals surface area contributed by atoms with Crippen molar-refractivity contribution in [3.8, 4) is 0 Å². The molecule has 0 fully saturated rings. The van der Waals surface area contributed by atoms with Crippen molar-refractivity contribution in [3.63, 3.8) is 0 Å². The van der Waals surface area contributed by atoms with Gasteiger partial charge in [0, 0.05) is 23.5 Å². The molecule has 1 atom stereocenters. The fraction of sp³-hybridized carbons (Fsp3) is 0.467. The molecule has 0 saturated heterocycles. The van der Waals surface area contributed by atoms with E-state index in [4.69, 9.17) is 5.11 Å². The van der Waals surface area contributed by atoms with Gasteiger partial charge in [0.1, 0.15) is 6.04 Å². The second-order valence-electron chi connectivity index (χ2n) is 4.93. The van der Waals surface area contributed by atoms with Gasteiger partial charge in [-0.05, 0) is 37.1 Å². The largest absolute Gasteiger partial charge is 0.480 e. The van der Waals surface area contributed by atoms with Crippen LogP contribution in [0.3, 0.4) is 0 Å². The van der Waals surface area contributed by atoms with Crippen LogP contribution in [-0.2, 0) is 9.59 Å². The Hall–Kier alpha value is -1.63. The zero-order chi connectivity index (χ0) is 16.7. The summed E-state index contributed by atoms with van der Waals surface area (Å²) in [4.78, 5) is 23.4. The third-order valence-corrected chi connectivity index (χ3v) is 4.12. The first-order chi connectivity index (χ1) is 10.3. The smallest absolute Gasteiger partial charge is 0.326 e. The Bertz CT molecular complexity index is 538. The minimum Gasteiger partial charge on any atom is -0.480 e. The van der Waals surface area contributed by atoms with Crippen LogP contribution in [0.1, 0.15) is 24.0 Å². The van der Waals surface area contributed by atoms with Gasteiger partial charge in [-0.1, -0.05) is 6.07 Å². The number of thioether (sulfide) groups is 1. The first-order valence-electron chi connectivity index (χ1n) is 6.80. The number of amides is 1. The fourth-order valence-corrected chi connectivity index (χ4v) is 2.68. The third kappa shape index (κ3) is 6.43. The minimum absolute atomic E-state index is 0.0740. The van der Waals surface area contributed by atoms with E-state index in [1.54, 1.807) is 0 Å². The molecular weight excluding hydrogens is 312 g/mol. The van der Waals surface area contributed by atoms with E-state index < -0.39 is 30.8 Å². The molecule has 0 aromatic heterocycles. The first kappa shape index (κ1) is 18.4. The molecule has 0 spiro atoms. The van der Waals surface area contributed by atoms with Crippen molar-refractivity contribution in [2.45, 2.75) is 44.1 Å². The molecule has 0 heterocycles. The lowest BCUT2D eigenvalue weighted by Crippen LogP contribution is -2.42. The van der Waals surface area contributed by atoms with Gasteiger partial charge in [-0.2, -0.15) is 0 Å². The number of aliphatic carboxylic acids is 1. The summed E-state index contributed by atoms with van der Waals surface area (Å²) in [6.07, 6.45) is -3.58. The molecule has 7 heteroatoms. The summed E-state index contributed by atoms with van der Waals surface area (Å²) >= 11 is 1.46. The molecule has 2 N–H and O–H groups in total. The molecule has 1 amide bonds. The van der Waals surface area contributed by atoms with Crippen LogP contribution in [0.5, 0.6) is 0 Å². The van der Waals surface area contributed by atoms with E-state index in [-0.39, 0.29) is 6.42 Å². The number of halogens is 2. The van der Waals surface area contributed by atoms with Crippen LogP contribution in [0.15, 0.2) is 23.1 Å². The van der Waals surface area contributed by atoms with Gasteiger partial charge >= 0.3 is 5.97 Å².